The molecule has 1 aliphatic carbocycles. The summed E-state index contributed by atoms with van der Waals surface area (Å²) < 4.78 is 5.45. The molecule has 5 heteroatoms. The lowest BCUT2D eigenvalue weighted by molar-refractivity contribution is 0.182. The van der Waals surface area contributed by atoms with Crippen molar-refractivity contribution in [3.63, 3.8) is 0 Å². The maximum Gasteiger partial charge on any atom is 0.234 e. The van der Waals surface area contributed by atoms with Gasteiger partial charge in [-0.25, -0.2) is 4.98 Å². The predicted molar refractivity (Wildman–Crippen MR) is 79.6 cm³/mol. The van der Waals surface area contributed by atoms with Crippen LogP contribution in [0.25, 0.3) is 22.4 Å². The van der Waals surface area contributed by atoms with E-state index in [1.807, 2.05) is 36.4 Å². The number of rotatable bonds is 3. The largest absolute Gasteiger partial charge is 0.338 e. The van der Waals surface area contributed by atoms with Gasteiger partial charge >= 0.3 is 0 Å². The third-order valence-electron chi connectivity index (χ3n) is 4.41. The minimum absolute atomic E-state index is 0.109. The molecule has 2 aromatic heterocycles. The molecule has 2 N–H and O–H groups in total. The summed E-state index contributed by atoms with van der Waals surface area (Å²) in [6.07, 6.45) is 3.22. The van der Waals surface area contributed by atoms with Gasteiger partial charge in [0.15, 0.2) is 0 Å². The number of para-hydroxylation sites is 1. The van der Waals surface area contributed by atoms with Crippen molar-refractivity contribution in [2.24, 2.45) is 5.73 Å². The zero-order chi connectivity index (χ0) is 14.3. The van der Waals surface area contributed by atoms with Gasteiger partial charge in [0, 0.05) is 11.9 Å². The molecule has 3 aromatic rings. The number of aromatic nitrogens is 3. The van der Waals surface area contributed by atoms with E-state index in [0.717, 1.165) is 29.4 Å². The Morgan fingerprint density at radius 3 is 2.71 bits per heavy atom. The molecule has 1 aromatic carbocycles. The molecule has 106 valence electrons. The van der Waals surface area contributed by atoms with E-state index in [2.05, 4.69) is 15.1 Å². The summed E-state index contributed by atoms with van der Waals surface area (Å²) in [5.74, 6) is 1.19. The maximum atomic E-state index is 5.88. The molecule has 0 radical (unpaired) electrons. The number of nitrogens with two attached hydrogens (primary N) is 1. The van der Waals surface area contributed by atoms with E-state index in [1.54, 1.807) is 0 Å². The quantitative estimate of drug-likeness (QED) is 0.798. The maximum absolute atomic E-state index is 5.88. The first-order valence-electron chi connectivity index (χ1n) is 7.21. The Labute approximate surface area is 122 Å². The van der Waals surface area contributed by atoms with Crippen LogP contribution >= 0.6 is 0 Å². The molecular weight excluding hydrogens is 264 g/mol. The van der Waals surface area contributed by atoms with Crippen molar-refractivity contribution in [3.05, 3.63) is 42.3 Å². The van der Waals surface area contributed by atoms with E-state index in [9.17, 15) is 0 Å². The summed E-state index contributed by atoms with van der Waals surface area (Å²) >= 11 is 0. The Hall–Kier alpha value is -2.27. The normalized spacial score (nSPS) is 16.8. The standard InChI is InChI=1S/C16H16N4O/c17-10-16(8-3-9-16)15-19-14(20-21-15)13-7-6-11-4-1-2-5-12(11)18-13/h1-2,4-7H,3,8-10,17H2. The van der Waals surface area contributed by atoms with Crippen molar-refractivity contribution in [3.8, 4) is 11.5 Å². The fourth-order valence-electron chi connectivity index (χ4n) is 2.84. The molecule has 0 saturated heterocycles. The van der Waals surface area contributed by atoms with Gasteiger partial charge in [-0.1, -0.05) is 35.8 Å². The molecule has 0 unspecified atom stereocenters. The van der Waals surface area contributed by atoms with E-state index >= 15 is 0 Å². The molecule has 1 aliphatic rings. The molecule has 5 nitrogen and oxygen atoms in total. The number of hydrogen-bond donors (Lipinski definition) is 1. The zero-order valence-corrected chi connectivity index (χ0v) is 11.6. The number of hydrogen-bond acceptors (Lipinski definition) is 5. The molecule has 1 saturated carbocycles. The molecule has 0 spiro atoms. The van der Waals surface area contributed by atoms with Gasteiger partial charge in [0.05, 0.1) is 10.9 Å². The van der Waals surface area contributed by atoms with Crippen LogP contribution in [0.4, 0.5) is 0 Å². The van der Waals surface area contributed by atoms with Gasteiger partial charge in [-0.15, -0.1) is 0 Å². The first-order valence-corrected chi connectivity index (χ1v) is 7.21. The van der Waals surface area contributed by atoms with Crippen LogP contribution in [0.5, 0.6) is 0 Å². The van der Waals surface area contributed by atoms with Crippen molar-refractivity contribution in [2.45, 2.75) is 24.7 Å². The highest BCUT2D eigenvalue weighted by atomic mass is 16.5. The van der Waals surface area contributed by atoms with Gasteiger partial charge in [-0.2, -0.15) is 4.98 Å². The van der Waals surface area contributed by atoms with Gasteiger partial charge in [-0.05, 0) is 25.0 Å². The molecule has 0 atom stereocenters. The lowest BCUT2D eigenvalue weighted by Crippen LogP contribution is -2.41. The Morgan fingerprint density at radius 2 is 1.95 bits per heavy atom. The molecule has 0 bridgehead atoms. The molecule has 0 amide bonds. The van der Waals surface area contributed by atoms with Crippen molar-refractivity contribution in [2.75, 3.05) is 6.54 Å². The minimum atomic E-state index is -0.109. The first-order chi connectivity index (χ1) is 10.3. The van der Waals surface area contributed by atoms with Crippen LogP contribution in [0.1, 0.15) is 25.2 Å². The topological polar surface area (TPSA) is 77.8 Å². The predicted octanol–water partition coefficient (Wildman–Crippen LogP) is 2.67. The third-order valence-corrected chi connectivity index (χ3v) is 4.41. The second kappa shape index (κ2) is 4.63. The highest BCUT2D eigenvalue weighted by Crippen LogP contribution is 2.42. The van der Waals surface area contributed by atoms with Crippen molar-refractivity contribution in [1.82, 2.24) is 15.1 Å². The summed E-state index contributed by atoms with van der Waals surface area (Å²) in [6.45, 7) is 0.555. The minimum Gasteiger partial charge on any atom is -0.338 e. The van der Waals surface area contributed by atoms with Gasteiger partial charge in [0.25, 0.3) is 0 Å². The lowest BCUT2D eigenvalue weighted by atomic mass is 9.69. The van der Waals surface area contributed by atoms with E-state index in [4.69, 9.17) is 10.3 Å². The zero-order valence-electron chi connectivity index (χ0n) is 11.6. The second-order valence-electron chi connectivity index (χ2n) is 5.65. The average Bonchev–Trinajstić information content (AvgIpc) is 2.96. The van der Waals surface area contributed by atoms with Gasteiger partial charge < -0.3 is 10.3 Å². The molecule has 4 rings (SSSR count). The first kappa shape index (κ1) is 12.5. The summed E-state index contributed by atoms with van der Waals surface area (Å²) in [7, 11) is 0. The Morgan fingerprint density at radius 1 is 1.10 bits per heavy atom. The number of benzene rings is 1. The van der Waals surface area contributed by atoms with Crippen LogP contribution < -0.4 is 5.73 Å². The SMILES string of the molecule is NCC1(c2nc(-c3ccc4ccccc4n3)no2)CCC1. The Kier molecular flexibility index (Phi) is 2.75. The molecular formula is C16H16N4O. The summed E-state index contributed by atoms with van der Waals surface area (Å²) in [4.78, 5) is 9.13. The van der Waals surface area contributed by atoms with Gasteiger partial charge in [0.1, 0.15) is 5.69 Å². The monoisotopic (exact) mass is 280 g/mol. The van der Waals surface area contributed by atoms with Crippen LogP contribution in [0.2, 0.25) is 0 Å². The Balaban J connectivity index is 1.74. The van der Waals surface area contributed by atoms with E-state index in [0.29, 0.717) is 18.3 Å². The van der Waals surface area contributed by atoms with Crippen molar-refractivity contribution >= 4 is 10.9 Å². The van der Waals surface area contributed by atoms with Gasteiger partial charge in [-0.3, -0.25) is 0 Å². The average molecular weight is 280 g/mol. The smallest absolute Gasteiger partial charge is 0.234 e. The summed E-state index contributed by atoms with van der Waals surface area (Å²) in [5, 5.41) is 5.18. The van der Waals surface area contributed by atoms with Crippen LogP contribution in [0.3, 0.4) is 0 Å². The fourth-order valence-corrected chi connectivity index (χ4v) is 2.84. The van der Waals surface area contributed by atoms with Crippen LogP contribution in [0.15, 0.2) is 40.9 Å². The second-order valence-corrected chi connectivity index (χ2v) is 5.65. The molecule has 1 fully saturated rings. The summed E-state index contributed by atoms with van der Waals surface area (Å²) in [5.41, 5.74) is 7.43. The summed E-state index contributed by atoms with van der Waals surface area (Å²) in [6, 6.07) is 11.9. The van der Waals surface area contributed by atoms with Crippen molar-refractivity contribution in [1.29, 1.82) is 0 Å². The Bertz CT molecular complexity index is 786. The highest BCUT2D eigenvalue weighted by Gasteiger charge is 2.42. The van der Waals surface area contributed by atoms with Gasteiger partial charge in [0.2, 0.25) is 11.7 Å². The van der Waals surface area contributed by atoms with Crippen LogP contribution in [-0.4, -0.2) is 21.7 Å². The number of fused-ring (bicyclic) bond motifs is 1. The third kappa shape index (κ3) is 1.93. The van der Waals surface area contributed by atoms with E-state index in [1.165, 1.54) is 6.42 Å². The molecule has 2 heterocycles. The van der Waals surface area contributed by atoms with Crippen LogP contribution in [0, 0.1) is 0 Å². The van der Waals surface area contributed by atoms with Crippen molar-refractivity contribution < 1.29 is 4.52 Å². The number of pyridine rings is 1. The van der Waals surface area contributed by atoms with E-state index < -0.39 is 0 Å². The fraction of sp³-hybridized carbons (Fsp3) is 0.312. The molecule has 0 aliphatic heterocycles. The lowest BCUT2D eigenvalue weighted by Gasteiger charge is -2.36. The van der Waals surface area contributed by atoms with E-state index in [-0.39, 0.29) is 5.41 Å². The highest BCUT2D eigenvalue weighted by molar-refractivity contribution is 5.80. The number of nitrogens with zero attached hydrogens (tertiary/aromatic N) is 3. The molecule has 21 heavy (non-hydrogen) atoms. The van der Waals surface area contributed by atoms with Crippen LogP contribution in [-0.2, 0) is 5.41 Å².